The molecule has 0 aliphatic carbocycles. The van der Waals surface area contributed by atoms with Crippen LogP contribution >= 0.6 is 23.5 Å². The lowest BCUT2D eigenvalue weighted by molar-refractivity contribution is 1.54. The molecule has 0 amide bonds. The molecule has 0 atom stereocenters. The predicted octanol–water partition coefficient (Wildman–Crippen LogP) is 2.32. The van der Waals surface area contributed by atoms with Crippen LogP contribution < -0.4 is 0 Å². The highest BCUT2D eigenvalue weighted by Gasteiger charge is 2.02. The van der Waals surface area contributed by atoms with E-state index in [1.807, 2.05) is 29.9 Å². The molecule has 0 aliphatic rings. The third-order valence-electron chi connectivity index (χ3n) is 0.687. The quantitative estimate of drug-likeness (QED) is 0.370. The van der Waals surface area contributed by atoms with E-state index in [9.17, 15) is 0 Å². The van der Waals surface area contributed by atoms with Gasteiger partial charge >= 0.3 is 0 Å². The fourth-order valence-electron chi connectivity index (χ4n) is 0.364. The molecule has 2 nitrogen and oxygen atoms in total. The van der Waals surface area contributed by atoms with Crippen LogP contribution in [-0.2, 0) is 0 Å². The van der Waals surface area contributed by atoms with Crippen LogP contribution in [0.1, 0.15) is 6.92 Å². The molecule has 0 fully saturated rings. The molecular weight excluding hydrogens is 164 g/mol. The van der Waals surface area contributed by atoms with E-state index in [0.29, 0.717) is 0 Å². The van der Waals surface area contributed by atoms with Crippen molar-refractivity contribution in [3.05, 3.63) is 12.2 Å². The van der Waals surface area contributed by atoms with Crippen LogP contribution in [0, 0.1) is 21.3 Å². The van der Waals surface area contributed by atoms with E-state index in [-0.39, 0.29) is 4.58 Å². The van der Waals surface area contributed by atoms with Gasteiger partial charge in [-0.1, -0.05) is 12.2 Å². The van der Waals surface area contributed by atoms with Crippen molar-refractivity contribution in [3.8, 4) is 10.8 Å². The number of thioether (sulfide) groups is 2. The highest BCUT2D eigenvalue weighted by molar-refractivity contribution is 8.21. The summed E-state index contributed by atoms with van der Waals surface area (Å²) in [5.41, 5.74) is 0. The molecule has 0 aromatic rings. The fourth-order valence-corrected chi connectivity index (χ4v) is 1.49. The summed E-state index contributed by atoms with van der Waals surface area (Å²) in [6.45, 7) is 1.86. The second-order valence-corrected chi connectivity index (χ2v) is 3.46. The first-order valence-corrected chi connectivity index (χ1v) is 4.33. The zero-order chi connectivity index (χ0) is 7.82. The van der Waals surface area contributed by atoms with Gasteiger partial charge in [-0.05, 0) is 30.4 Å². The van der Waals surface area contributed by atoms with Gasteiger partial charge in [0.1, 0.15) is 10.8 Å². The Balaban J connectivity index is 3.77. The lowest BCUT2D eigenvalue weighted by Gasteiger charge is -1.97. The summed E-state index contributed by atoms with van der Waals surface area (Å²) in [7, 11) is 0. The van der Waals surface area contributed by atoms with Gasteiger partial charge < -0.3 is 0 Å². The van der Waals surface area contributed by atoms with Crippen LogP contribution in [0.25, 0.3) is 0 Å². The van der Waals surface area contributed by atoms with E-state index in [1.54, 1.807) is 0 Å². The second-order valence-electron chi connectivity index (χ2n) is 1.31. The third-order valence-corrected chi connectivity index (χ3v) is 2.25. The topological polar surface area (TPSA) is 47.6 Å². The van der Waals surface area contributed by atoms with Crippen molar-refractivity contribution in [2.24, 2.45) is 0 Å². The number of allylic oxidation sites excluding steroid dienone is 1. The summed E-state index contributed by atoms with van der Waals surface area (Å²) in [4.78, 5) is 0. The molecule has 0 radical (unpaired) electrons. The minimum atomic E-state index is -0.0417. The third kappa shape index (κ3) is 4.31. The summed E-state index contributed by atoms with van der Waals surface area (Å²) in [5, 5.41) is 20.4. The van der Waals surface area contributed by atoms with Gasteiger partial charge in [0, 0.05) is 0 Å². The Bertz CT molecular complexity index is 171. The fraction of sp³-hybridized carbons (Fsp3) is 0.333. The molecule has 0 spiro atoms. The van der Waals surface area contributed by atoms with Gasteiger partial charge in [-0.25, -0.2) is 0 Å². The Kier molecular flexibility index (Phi) is 6.16. The molecule has 0 aromatic carbocycles. The van der Waals surface area contributed by atoms with Crippen LogP contribution in [0.5, 0.6) is 0 Å². The largest absolute Gasteiger partial charge is 0.185 e. The van der Waals surface area contributed by atoms with Crippen molar-refractivity contribution in [3.63, 3.8) is 0 Å². The summed E-state index contributed by atoms with van der Waals surface area (Å²) in [6, 6.07) is 0. The van der Waals surface area contributed by atoms with Crippen molar-refractivity contribution in [1.29, 1.82) is 10.5 Å². The maximum Gasteiger partial charge on any atom is 0.134 e. The first-order valence-electron chi connectivity index (χ1n) is 2.57. The summed E-state index contributed by atoms with van der Waals surface area (Å²) in [6.07, 6.45) is 3.65. The van der Waals surface area contributed by atoms with Crippen molar-refractivity contribution < 1.29 is 0 Å². The maximum absolute atomic E-state index is 8.25. The monoisotopic (exact) mass is 170 g/mol. The van der Waals surface area contributed by atoms with Crippen molar-refractivity contribution >= 4 is 23.5 Å². The molecule has 0 aromatic heterocycles. The van der Waals surface area contributed by atoms with E-state index >= 15 is 0 Å². The number of rotatable bonds is 3. The summed E-state index contributed by atoms with van der Waals surface area (Å²) < 4.78 is -0.0417. The first kappa shape index (κ1) is 9.42. The Labute approximate surface area is 68.9 Å². The van der Waals surface area contributed by atoms with Crippen molar-refractivity contribution in [2.75, 3.05) is 0 Å². The molecule has 52 valence electrons. The van der Waals surface area contributed by atoms with E-state index in [0.717, 1.165) is 23.5 Å². The van der Waals surface area contributed by atoms with Gasteiger partial charge in [0.05, 0.1) is 4.58 Å². The molecule has 0 bridgehead atoms. The van der Waals surface area contributed by atoms with Gasteiger partial charge in [0.15, 0.2) is 0 Å². The Hall–Kier alpha value is -0.580. The van der Waals surface area contributed by atoms with Crippen LogP contribution in [0.3, 0.4) is 0 Å². The molecule has 0 N–H and O–H groups in total. The van der Waals surface area contributed by atoms with Crippen molar-refractivity contribution in [2.45, 2.75) is 11.5 Å². The lowest BCUT2D eigenvalue weighted by atomic mass is 10.6. The van der Waals surface area contributed by atoms with Gasteiger partial charge in [0.25, 0.3) is 0 Å². The molecule has 0 aliphatic heterocycles. The van der Waals surface area contributed by atoms with Gasteiger partial charge in [0.2, 0.25) is 0 Å². The zero-order valence-electron chi connectivity index (χ0n) is 5.44. The number of nitrogens with zero attached hydrogens (tertiary/aromatic N) is 2. The number of hydrogen-bond acceptors (Lipinski definition) is 4. The van der Waals surface area contributed by atoms with E-state index < -0.39 is 0 Å². The SMILES string of the molecule is C/C=C/C(SC#N)SC#N. The van der Waals surface area contributed by atoms with Gasteiger partial charge in [-0.15, -0.1) is 0 Å². The van der Waals surface area contributed by atoms with Crippen LogP contribution in [0.15, 0.2) is 12.2 Å². The van der Waals surface area contributed by atoms with E-state index in [4.69, 9.17) is 10.5 Å². The molecular formula is C6H6N2S2. The summed E-state index contributed by atoms with van der Waals surface area (Å²) >= 11 is 2.17. The first-order chi connectivity index (χ1) is 4.85. The highest BCUT2D eigenvalue weighted by atomic mass is 32.2. The predicted molar refractivity (Wildman–Crippen MR) is 45.0 cm³/mol. The molecule has 10 heavy (non-hydrogen) atoms. The van der Waals surface area contributed by atoms with Crippen molar-refractivity contribution in [1.82, 2.24) is 0 Å². The number of thiocyanates is 2. The molecule has 0 saturated carbocycles. The summed E-state index contributed by atoms with van der Waals surface area (Å²) in [5.74, 6) is 0. The maximum atomic E-state index is 8.25. The smallest absolute Gasteiger partial charge is 0.134 e. The number of nitriles is 2. The highest BCUT2D eigenvalue weighted by Crippen LogP contribution is 2.22. The average Bonchev–Trinajstić information content (AvgIpc) is 1.90. The average molecular weight is 170 g/mol. The molecule has 0 saturated heterocycles. The van der Waals surface area contributed by atoms with Gasteiger partial charge in [-0.3, -0.25) is 0 Å². The van der Waals surface area contributed by atoms with Crippen LogP contribution in [0.4, 0.5) is 0 Å². The molecule has 0 heterocycles. The zero-order valence-corrected chi connectivity index (χ0v) is 7.08. The minimum Gasteiger partial charge on any atom is -0.185 e. The Morgan fingerprint density at radius 2 is 1.80 bits per heavy atom. The van der Waals surface area contributed by atoms with Gasteiger partial charge in [-0.2, -0.15) is 10.5 Å². The normalized spacial score (nSPS) is 9.60. The number of hydrogen-bond donors (Lipinski definition) is 0. The Morgan fingerprint density at radius 1 is 1.30 bits per heavy atom. The van der Waals surface area contributed by atoms with Crippen LogP contribution in [-0.4, -0.2) is 4.58 Å². The van der Waals surface area contributed by atoms with E-state index in [1.165, 1.54) is 0 Å². The molecule has 4 heteroatoms. The molecule has 0 rings (SSSR count). The van der Waals surface area contributed by atoms with Crippen LogP contribution in [0.2, 0.25) is 0 Å². The minimum absolute atomic E-state index is 0.0417. The standard InChI is InChI=1S/C6H6N2S2/c1-2-3-6(9-4-7)10-5-8/h2-3,6H,1H3/b3-2+. The van der Waals surface area contributed by atoms with E-state index in [2.05, 4.69) is 0 Å². The Morgan fingerprint density at radius 3 is 2.10 bits per heavy atom. The second kappa shape index (κ2) is 6.54. The lowest BCUT2D eigenvalue weighted by Crippen LogP contribution is -1.85. The molecule has 0 unspecified atom stereocenters.